The van der Waals surface area contributed by atoms with Crippen LogP contribution in [0.15, 0.2) is 15.6 Å². The summed E-state index contributed by atoms with van der Waals surface area (Å²) in [6.07, 6.45) is 2.65. The van der Waals surface area contributed by atoms with Crippen molar-refractivity contribution in [1.82, 2.24) is 15.8 Å². The first-order chi connectivity index (χ1) is 10.7. The minimum absolute atomic E-state index is 0. The second-order valence-electron chi connectivity index (χ2n) is 6.01. The standard InChI is InChI=1S/C16H28N4O2.HI/c1-4-17-16(18-7-8-21-11-13-5-6-13)19-10-14-9-15(12(2)3)20-22-14;/h9,12-13H,4-8,10-11H2,1-3H3,(H2,17,18,19);1H. The first-order valence-corrected chi connectivity index (χ1v) is 8.24. The number of nitrogens with one attached hydrogen (secondary N) is 2. The van der Waals surface area contributed by atoms with E-state index in [4.69, 9.17) is 9.26 Å². The summed E-state index contributed by atoms with van der Waals surface area (Å²) in [7, 11) is 0. The first-order valence-electron chi connectivity index (χ1n) is 8.24. The Bertz CT molecular complexity index is 472. The van der Waals surface area contributed by atoms with E-state index in [1.165, 1.54) is 12.8 Å². The molecule has 0 amide bonds. The van der Waals surface area contributed by atoms with Crippen LogP contribution in [0.2, 0.25) is 0 Å². The van der Waals surface area contributed by atoms with Crippen molar-refractivity contribution in [2.45, 2.75) is 46.1 Å². The van der Waals surface area contributed by atoms with Gasteiger partial charge in [0.05, 0.1) is 12.3 Å². The van der Waals surface area contributed by atoms with Gasteiger partial charge in [-0.15, -0.1) is 24.0 Å². The van der Waals surface area contributed by atoms with E-state index >= 15 is 0 Å². The SMILES string of the molecule is CCNC(=NCc1cc(C(C)C)no1)NCCOCC1CC1.I. The molecule has 6 nitrogen and oxygen atoms in total. The molecule has 0 unspecified atom stereocenters. The highest BCUT2D eigenvalue weighted by molar-refractivity contribution is 14.0. The molecule has 0 radical (unpaired) electrons. The fourth-order valence-electron chi connectivity index (χ4n) is 1.95. The Kier molecular flexibility index (Phi) is 9.54. The predicted octanol–water partition coefficient (Wildman–Crippen LogP) is 2.90. The number of hydrogen-bond donors (Lipinski definition) is 2. The molecule has 23 heavy (non-hydrogen) atoms. The quantitative estimate of drug-likeness (QED) is 0.270. The Morgan fingerprint density at radius 1 is 1.43 bits per heavy atom. The summed E-state index contributed by atoms with van der Waals surface area (Å²) in [5.41, 5.74) is 0.969. The van der Waals surface area contributed by atoms with Gasteiger partial charge < -0.3 is 19.9 Å². The van der Waals surface area contributed by atoms with Crippen molar-refractivity contribution in [2.24, 2.45) is 10.9 Å². The van der Waals surface area contributed by atoms with Crippen LogP contribution in [0.3, 0.4) is 0 Å². The van der Waals surface area contributed by atoms with Crippen molar-refractivity contribution in [3.8, 4) is 0 Å². The molecule has 0 aromatic carbocycles. The molecule has 1 aromatic rings. The third-order valence-electron chi connectivity index (χ3n) is 3.50. The molecule has 0 spiro atoms. The number of hydrogen-bond acceptors (Lipinski definition) is 4. The van der Waals surface area contributed by atoms with E-state index in [0.717, 1.165) is 43.0 Å². The lowest BCUT2D eigenvalue weighted by molar-refractivity contribution is 0.129. The van der Waals surface area contributed by atoms with Crippen LogP contribution in [-0.4, -0.2) is 37.4 Å². The maximum Gasteiger partial charge on any atom is 0.191 e. The molecule has 0 atom stereocenters. The van der Waals surface area contributed by atoms with Crippen LogP contribution >= 0.6 is 24.0 Å². The molecule has 2 rings (SSSR count). The number of halogens is 1. The Morgan fingerprint density at radius 3 is 2.83 bits per heavy atom. The Labute approximate surface area is 155 Å². The average Bonchev–Trinajstić information content (AvgIpc) is 3.19. The smallest absolute Gasteiger partial charge is 0.191 e. The van der Waals surface area contributed by atoms with E-state index in [1.807, 2.05) is 13.0 Å². The summed E-state index contributed by atoms with van der Waals surface area (Å²) in [4.78, 5) is 4.51. The third kappa shape index (κ3) is 8.01. The van der Waals surface area contributed by atoms with Gasteiger partial charge in [-0.2, -0.15) is 0 Å². The Hall–Kier alpha value is -0.830. The van der Waals surface area contributed by atoms with Crippen LogP contribution in [0.4, 0.5) is 0 Å². The molecule has 1 aromatic heterocycles. The molecule has 0 bridgehead atoms. The fraction of sp³-hybridized carbons (Fsp3) is 0.750. The topological polar surface area (TPSA) is 71.7 Å². The highest BCUT2D eigenvalue weighted by Gasteiger charge is 2.20. The lowest BCUT2D eigenvalue weighted by atomic mass is 10.1. The lowest BCUT2D eigenvalue weighted by Crippen LogP contribution is -2.39. The Morgan fingerprint density at radius 2 is 2.22 bits per heavy atom. The van der Waals surface area contributed by atoms with E-state index in [0.29, 0.717) is 19.1 Å². The minimum Gasteiger partial charge on any atom is -0.379 e. The molecule has 1 saturated carbocycles. The van der Waals surface area contributed by atoms with Crippen molar-refractivity contribution >= 4 is 29.9 Å². The summed E-state index contributed by atoms with van der Waals surface area (Å²) in [6.45, 7) is 9.90. The predicted molar refractivity (Wildman–Crippen MR) is 102 cm³/mol. The molecule has 7 heteroatoms. The highest BCUT2D eigenvalue weighted by Crippen LogP contribution is 2.28. The molecule has 1 fully saturated rings. The summed E-state index contributed by atoms with van der Waals surface area (Å²) in [5.74, 6) is 2.74. The number of aliphatic imine (C=N–C) groups is 1. The van der Waals surface area contributed by atoms with Crippen molar-refractivity contribution < 1.29 is 9.26 Å². The number of ether oxygens (including phenoxy) is 1. The monoisotopic (exact) mass is 436 g/mol. The molecular formula is C16H29IN4O2. The fourth-order valence-corrected chi connectivity index (χ4v) is 1.95. The summed E-state index contributed by atoms with van der Waals surface area (Å²) in [6, 6.07) is 1.97. The average molecular weight is 436 g/mol. The van der Waals surface area contributed by atoms with Crippen LogP contribution in [-0.2, 0) is 11.3 Å². The first kappa shape index (κ1) is 20.2. The zero-order chi connectivity index (χ0) is 15.8. The van der Waals surface area contributed by atoms with Gasteiger partial charge in [0.1, 0.15) is 6.54 Å². The van der Waals surface area contributed by atoms with Gasteiger partial charge >= 0.3 is 0 Å². The summed E-state index contributed by atoms with van der Waals surface area (Å²) in [5, 5.41) is 10.5. The van der Waals surface area contributed by atoms with Crippen molar-refractivity contribution in [2.75, 3.05) is 26.3 Å². The number of guanidine groups is 1. The van der Waals surface area contributed by atoms with Crippen LogP contribution in [0.1, 0.15) is 51.0 Å². The van der Waals surface area contributed by atoms with E-state index in [1.54, 1.807) is 0 Å². The van der Waals surface area contributed by atoms with Gasteiger partial charge in [-0.3, -0.25) is 0 Å². The lowest BCUT2D eigenvalue weighted by Gasteiger charge is -2.11. The van der Waals surface area contributed by atoms with E-state index in [2.05, 4.69) is 34.6 Å². The van der Waals surface area contributed by atoms with Gasteiger partial charge in [0.15, 0.2) is 11.7 Å². The van der Waals surface area contributed by atoms with Crippen LogP contribution in [0.5, 0.6) is 0 Å². The molecule has 1 heterocycles. The van der Waals surface area contributed by atoms with Gasteiger partial charge in [0.25, 0.3) is 0 Å². The number of rotatable bonds is 9. The van der Waals surface area contributed by atoms with E-state index in [9.17, 15) is 0 Å². The van der Waals surface area contributed by atoms with Crippen molar-refractivity contribution in [3.63, 3.8) is 0 Å². The summed E-state index contributed by atoms with van der Waals surface area (Å²) < 4.78 is 10.9. The van der Waals surface area contributed by atoms with Gasteiger partial charge in [-0.25, -0.2) is 4.99 Å². The highest BCUT2D eigenvalue weighted by atomic mass is 127. The molecule has 0 aliphatic heterocycles. The number of aromatic nitrogens is 1. The van der Waals surface area contributed by atoms with Crippen molar-refractivity contribution in [1.29, 1.82) is 0 Å². The zero-order valence-electron chi connectivity index (χ0n) is 14.3. The van der Waals surface area contributed by atoms with Gasteiger partial charge in [0.2, 0.25) is 0 Å². The van der Waals surface area contributed by atoms with Gasteiger partial charge in [-0.05, 0) is 31.6 Å². The van der Waals surface area contributed by atoms with Crippen LogP contribution < -0.4 is 10.6 Å². The van der Waals surface area contributed by atoms with Crippen LogP contribution in [0.25, 0.3) is 0 Å². The second-order valence-corrected chi connectivity index (χ2v) is 6.01. The van der Waals surface area contributed by atoms with Crippen LogP contribution in [0, 0.1) is 5.92 Å². The minimum atomic E-state index is 0. The molecule has 1 aliphatic carbocycles. The molecule has 2 N–H and O–H groups in total. The third-order valence-corrected chi connectivity index (χ3v) is 3.50. The maximum atomic E-state index is 5.60. The number of nitrogens with zero attached hydrogens (tertiary/aromatic N) is 2. The molecular weight excluding hydrogens is 407 g/mol. The van der Waals surface area contributed by atoms with E-state index < -0.39 is 0 Å². The molecule has 132 valence electrons. The Balaban J connectivity index is 0.00000264. The largest absolute Gasteiger partial charge is 0.379 e. The summed E-state index contributed by atoms with van der Waals surface area (Å²) >= 11 is 0. The van der Waals surface area contributed by atoms with Gasteiger partial charge in [-0.1, -0.05) is 19.0 Å². The van der Waals surface area contributed by atoms with Crippen molar-refractivity contribution in [3.05, 3.63) is 17.5 Å². The molecule has 0 saturated heterocycles. The molecule has 1 aliphatic rings. The second kappa shape index (κ2) is 10.9. The normalized spacial score (nSPS) is 14.7. The zero-order valence-corrected chi connectivity index (χ0v) is 16.6. The van der Waals surface area contributed by atoms with Gasteiger partial charge in [0, 0.05) is 25.8 Å². The maximum absolute atomic E-state index is 5.60. The van der Waals surface area contributed by atoms with E-state index in [-0.39, 0.29) is 24.0 Å².